The van der Waals surface area contributed by atoms with Crippen LogP contribution in [0.4, 0.5) is 0 Å². The van der Waals surface area contributed by atoms with Gasteiger partial charge in [-0.2, -0.15) is 0 Å². The number of benzene rings is 10. The third-order valence-electron chi connectivity index (χ3n) is 12.1. The van der Waals surface area contributed by atoms with Gasteiger partial charge in [-0.15, -0.1) is 0 Å². The smallest absolute Gasteiger partial charge is 0.0547 e. The van der Waals surface area contributed by atoms with Crippen LogP contribution in [0, 0.1) is 0 Å². The quantitative estimate of drug-likeness (QED) is 0.156. The van der Waals surface area contributed by atoms with Crippen LogP contribution in [0.2, 0.25) is 0 Å². The zero-order valence-corrected chi connectivity index (χ0v) is 31.7. The Morgan fingerprint density at radius 2 is 0.672 bits per heavy atom. The van der Waals surface area contributed by atoms with Crippen LogP contribution in [0.1, 0.15) is 0 Å². The molecule has 0 saturated carbocycles. The fourth-order valence-corrected chi connectivity index (χ4v) is 9.52. The van der Waals surface area contributed by atoms with E-state index in [2.05, 4.69) is 228 Å². The van der Waals surface area contributed by atoms with Crippen LogP contribution in [0.3, 0.4) is 0 Å². The zero-order valence-electron chi connectivity index (χ0n) is 31.7. The monoisotopic (exact) mass is 736 g/mol. The Balaban J connectivity index is 1.17. The molecule has 0 aliphatic heterocycles. The van der Waals surface area contributed by atoms with E-state index in [1.165, 1.54) is 98.5 Å². The molecule has 2 nitrogen and oxygen atoms in total. The molecule has 2 heteroatoms. The SMILES string of the molecule is c1ccc(-n2c3ccccc3c3c(-c4cc(-c5ccc6ccc7ccccc7c6c5)cc(-c5cccc6c5c5ccccc5n6-c5ccccc5)c4)cccc32)cc1. The number of para-hydroxylation sites is 4. The van der Waals surface area contributed by atoms with Gasteiger partial charge in [-0.25, -0.2) is 0 Å². The summed E-state index contributed by atoms with van der Waals surface area (Å²) in [5.74, 6) is 0. The molecule has 270 valence electrons. The molecule has 0 saturated heterocycles. The largest absolute Gasteiger partial charge is 0.309 e. The van der Waals surface area contributed by atoms with Crippen molar-refractivity contribution < 1.29 is 0 Å². The number of nitrogens with zero attached hydrogens (tertiary/aromatic N) is 2. The molecule has 0 bridgehead atoms. The second kappa shape index (κ2) is 12.9. The van der Waals surface area contributed by atoms with E-state index in [-0.39, 0.29) is 0 Å². The summed E-state index contributed by atoms with van der Waals surface area (Å²) in [5.41, 5.74) is 14.3. The predicted octanol–water partition coefficient (Wildman–Crippen LogP) is 15.2. The number of rotatable bonds is 5. The summed E-state index contributed by atoms with van der Waals surface area (Å²) < 4.78 is 4.82. The third kappa shape index (κ3) is 4.99. The maximum atomic E-state index is 2.42. The van der Waals surface area contributed by atoms with Crippen LogP contribution < -0.4 is 0 Å². The summed E-state index contributed by atoms with van der Waals surface area (Å²) in [4.78, 5) is 0. The number of hydrogen-bond donors (Lipinski definition) is 0. The fourth-order valence-electron chi connectivity index (χ4n) is 9.52. The van der Waals surface area contributed by atoms with Crippen molar-refractivity contribution in [3.63, 3.8) is 0 Å². The summed E-state index contributed by atoms with van der Waals surface area (Å²) in [6, 6.07) is 80.2. The molecule has 0 aliphatic carbocycles. The first kappa shape index (κ1) is 32.6. The van der Waals surface area contributed by atoms with E-state index in [0.717, 1.165) is 11.4 Å². The lowest BCUT2D eigenvalue weighted by molar-refractivity contribution is 1.18. The van der Waals surface area contributed by atoms with E-state index in [4.69, 9.17) is 0 Å². The van der Waals surface area contributed by atoms with Gasteiger partial charge in [0, 0.05) is 32.9 Å². The summed E-state index contributed by atoms with van der Waals surface area (Å²) >= 11 is 0. The minimum Gasteiger partial charge on any atom is -0.309 e. The highest BCUT2D eigenvalue weighted by molar-refractivity contribution is 6.18. The lowest BCUT2D eigenvalue weighted by Crippen LogP contribution is -1.93. The molecule has 2 aromatic heterocycles. The van der Waals surface area contributed by atoms with E-state index < -0.39 is 0 Å². The maximum absolute atomic E-state index is 2.42. The van der Waals surface area contributed by atoms with Gasteiger partial charge in [0.15, 0.2) is 0 Å². The Kier molecular flexibility index (Phi) is 7.26. The molecular weight excluding hydrogens is 701 g/mol. The Labute approximate surface area is 336 Å². The molecule has 0 radical (unpaired) electrons. The van der Waals surface area contributed by atoms with Crippen molar-refractivity contribution >= 4 is 65.2 Å². The van der Waals surface area contributed by atoms with E-state index in [1.54, 1.807) is 0 Å². The molecule has 0 unspecified atom stereocenters. The van der Waals surface area contributed by atoms with E-state index >= 15 is 0 Å². The Bertz CT molecular complexity index is 3380. The summed E-state index contributed by atoms with van der Waals surface area (Å²) in [6.45, 7) is 0. The summed E-state index contributed by atoms with van der Waals surface area (Å²) in [7, 11) is 0. The predicted molar refractivity (Wildman–Crippen MR) is 246 cm³/mol. The number of aromatic nitrogens is 2. The first-order valence-corrected chi connectivity index (χ1v) is 20.0. The summed E-state index contributed by atoms with van der Waals surface area (Å²) in [5, 5.41) is 10.0. The van der Waals surface area contributed by atoms with Gasteiger partial charge in [-0.05, 0) is 128 Å². The lowest BCUT2D eigenvalue weighted by Gasteiger charge is -2.15. The van der Waals surface area contributed by atoms with E-state index in [9.17, 15) is 0 Å². The molecule has 12 aromatic rings. The van der Waals surface area contributed by atoms with Crippen LogP contribution in [-0.2, 0) is 0 Å². The molecule has 12 rings (SSSR count). The van der Waals surface area contributed by atoms with Crippen LogP contribution in [0.15, 0.2) is 218 Å². The van der Waals surface area contributed by atoms with E-state index in [0.29, 0.717) is 0 Å². The first-order chi connectivity index (χ1) is 28.8. The number of fused-ring (bicyclic) bond motifs is 9. The minimum atomic E-state index is 1.16. The lowest BCUT2D eigenvalue weighted by atomic mass is 9.89. The fraction of sp³-hybridized carbons (Fsp3) is 0. The molecular formula is C56H36N2. The van der Waals surface area contributed by atoms with Gasteiger partial charge >= 0.3 is 0 Å². The number of hydrogen-bond acceptors (Lipinski definition) is 0. The van der Waals surface area contributed by atoms with Gasteiger partial charge in [0.05, 0.1) is 22.1 Å². The molecule has 0 atom stereocenters. The van der Waals surface area contributed by atoms with Crippen molar-refractivity contribution in [1.82, 2.24) is 9.13 Å². The molecule has 58 heavy (non-hydrogen) atoms. The summed E-state index contributed by atoms with van der Waals surface area (Å²) in [6.07, 6.45) is 0. The molecule has 0 spiro atoms. The van der Waals surface area contributed by atoms with Crippen LogP contribution in [0.25, 0.3) is 110 Å². The topological polar surface area (TPSA) is 9.86 Å². The van der Waals surface area contributed by atoms with Crippen molar-refractivity contribution in [3.8, 4) is 44.8 Å². The van der Waals surface area contributed by atoms with E-state index in [1.807, 2.05) is 0 Å². The second-order valence-corrected chi connectivity index (χ2v) is 15.3. The Morgan fingerprint density at radius 1 is 0.241 bits per heavy atom. The average Bonchev–Trinajstić information content (AvgIpc) is 3.82. The van der Waals surface area contributed by atoms with Gasteiger partial charge in [-0.1, -0.05) is 146 Å². The van der Waals surface area contributed by atoms with Crippen molar-refractivity contribution in [1.29, 1.82) is 0 Å². The highest BCUT2D eigenvalue weighted by Gasteiger charge is 2.20. The first-order valence-electron chi connectivity index (χ1n) is 20.0. The molecule has 10 aromatic carbocycles. The minimum absolute atomic E-state index is 1.16. The normalized spacial score (nSPS) is 11.8. The highest BCUT2D eigenvalue weighted by atomic mass is 15.0. The van der Waals surface area contributed by atoms with Gasteiger partial charge in [-0.3, -0.25) is 0 Å². The Morgan fingerprint density at radius 3 is 1.24 bits per heavy atom. The molecule has 0 aliphatic rings. The van der Waals surface area contributed by atoms with Crippen LogP contribution in [0.5, 0.6) is 0 Å². The van der Waals surface area contributed by atoms with Crippen molar-refractivity contribution in [3.05, 3.63) is 218 Å². The highest BCUT2D eigenvalue weighted by Crippen LogP contribution is 2.44. The second-order valence-electron chi connectivity index (χ2n) is 15.3. The molecule has 2 heterocycles. The van der Waals surface area contributed by atoms with Gasteiger partial charge in [0.25, 0.3) is 0 Å². The van der Waals surface area contributed by atoms with Crippen molar-refractivity contribution in [2.75, 3.05) is 0 Å². The van der Waals surface area contributed by atoms with Gasteiger partial charge in [0.1, 0.15) is 0 Å². The average molecular weight is 737 g/mol. The van der Waals surface area contributed by atoms with Crippen molar-refractivity contribution in [2.45, 2.75) is 0 Å². The van der Waals surface area contributed by atoms with Crippen LogP contribution >= 0.6 is 0 Å². The van der Waals surface area contributed by atoms with Crippen LogP contribution in [-0.4, -0.2) is 9.13 Å². The molecule has 0 amide bonds. The standard InChI is InChI=1S/C56H36N2/c1-3-16-43(17-4-1)57-51-25-11-9-21-48(51)55-46(23-13-27-53(55)57)41-33-40(39-32-31-38-30-29-37-15-7-8-20-45(37)50(38)36-39)34-42(35-41)47-24-14-28-54-56(47)49-22-10-12-26-52(49)58(54)44-18-5-2-6-19-44/h1-36H. The van der Waals surface area contributed by atoms with Gasteiger partial charge in [0.2, 0.25) is 0 Å². The van der Waals surface area contributed by atoms with Crippen molar-refractivity contribution in [2.24, 2.45) is 0 Å². The molecule has 0 N–H and O–H groups in total. The third-order valence-corrected chi connectivity index (χ3v) is 12.1. The molecule has 0 fully saturated rings. The van der Waals surface area contributed by atoms with Gasteiger partial charge < -0.3 is 9.13 Å². The maximum Gasteiger partial charge on any atom is 0.0547 e. The zero-order chi connectivity index (χ0) is 38.2. The Hall–Kier alpha value is -7.68.